The molecule has 64 valence electrons. The first-order valence-electron chi connectivity index (χ1n) is 3.96. The molecule has 0 saturated carbocycles. The number of nitrogens with zero attached hydrogens (tertiary/aromatic N) is 1. The van der Waals surface area contributed by atoms with Crippen LogP contribution in [0.25, 0.3) is 0 Å². The summed E-state index contributed by atoms with van der Waals surface area (Å²) < 4.78 is 3.21. The predicted molar refractivity (Wildman–Crippen MR) is 51.1 cm³/mol. The molecule has 0 bridgehead atoms. The molecule has 11 heavy (non-hydrogen) atoms. The van der Waals surface area contributed by atoms with Crippen LogP contribution in [0.15, 0.2) is 4.99 Å². The molecule has 1 rings (SSSR count). The lowest BCUT2D eigenvalue weighted by molar-refractivity contribution is 0.821. The lowest BCUT2D eigenvalue weighted by Gasteiger charge is -2.01. The molecule has 0 spiro atoms. The van der Waals surface area contributed by atoms with Crippen molar-refractivity contribution in [3.05, 3.63) is 0 Å². The average Bonchev–Trinajstić information content (AvgIpc) is 2.50. The van der Waals surface area contributed by atoms with E-state index in [0.29, 0.717) is 0 Å². The van der Waals surface area contributed by atoms with E-state index in [0.717, 1.165) is 26.1 Å². The summed E-state index contributed by atoms with van der Waals surface area (Å²) in [6, 6.07) is 0. The predicted octanol–water partition coefficient (Wildman–Crippen LogP) is 0.636. The van der Waals surface area contributed by atoms with E-state index in [4.69, 9.17) is 0 Å². The fourth-order valence-corrected chi connectivity index (χ4v) is 1.39. The number of hydrogen-bond donors (Lipinski definition) is 2. The van der Waals surface area contributed by atoms with Gasteiger partial charge in [0.25, 0.3) is 0 Å². The van der Waals surface area contributed by atoms with Gasteiger partial charge in [0.15, 0.2) is 0 Å². The summed E-state index contributed by atoms with van der Waals surface area (Å²) in [6.07, 6.45) is 4.31. The lowest BCUT2D eigenvalue weighted by Crippen LogP contribution is -2.19. The molecule has 0 aliphatic carbocycles. The Kier molecular flexibility index (Phi) is 4.38. The van der Waals surface area contributed by atoms with Crippen LogP contribution in [0, 0.1) is 0 Å². The topological polar surface area (TPSA) is 36.4 Å². The van der Waals surface area contributed by atoms with Gasteiger partial charge in [-0.2, -0.15) is 0 Å². The highest BCUT2D eigenvalue weighted by Gasteiger charge is 2.02. The summed E-state index contributed by atoms with van der Waals surface area (Å²) in [7, 11) is 0. The van der Waals surface area contributed by atoms with Crippen molar-refractivity contribution in [2.45, 2.75) is 12.8 Å². The maximum absolute atomic E-state index is 4.30. The molecule has 1 aliphatic rings. The first-order valence-corrected chi connectivity index (χ1v) is 5.19. The first-order chi connectivity index (χ1) is 5.43. The van der Waals surface area contributed by atoms with E-state index in [-0.39, 0.29) is 0 Å². The summed E-state index contributed by atoms with van der Waals surface area (Å²) in [5.74, 6) is 1.19. The number of rotatable bonds is 5. The second kappa shape index (κ2) is 5.43. The maximum Gasteiger partial charge on any atom is 0.0964 e. The van der Waals surface area contributed by atoms with Crippen LogP contribution in [0.3, 0.4) is 0 Å². The van der Waals surface area contributed by atoms with Crippen molar-refractivity contribution in [3.63, 3.8) is 0 Å². The monoisotopic (exact) mass is 173 g/mol. The van der Waals surface area contributed by atoms with Crippen molar-refractivity contribution in [2.24, 2.45) is 4.99 Å². The van der Waals surface area contributed by atoms with Crippen molar-refractivity contribution >= 4 is 17.8 Å². The molecule has 0 fully saturated rings. The summed E-state index contributed by atoms with van der Waals surface area (Å²) in [5, 5.41) is 3.25. The van der Waals surface area contributed by atoms with E-state index in [1.54, 1.807) is 11.9 Å². The fraction of sp³-hybridized carbons (Fsp3) is 0.857. The van der Waals surface area contributed by atoms with E-state index in [9.17, 15) is 0 Å². The van der Waals surface area contributed by atoms with Gasteiger partial charge in [0.1, 0.15) is 0 Å². The van der Waals surface area contributed by atoms with Crippen LogP contribution in [0.2, 0.25) is 0 Å². The molecule has 0 aromatic heterocycles. The zero-order valence-electron chi connectivity index (χ0n) is 6.89. The highest BCUT2D eigenvalue weighted by Crippen LogP contribution is 1.95. The van der Waals surface area contributed by atoms with Gasteiger partial charge in [-0.05, 0) is 12.7 Å². The van der Waals surface area contributed by atoms with Crippen molar-refractivity contribution in [1.82, 2.24) is 10.0 Å². The van der Waals surface area contributed by atoms with Gasteiger partial charge in [-0.1, -0.05) is 11.9 Å². The Balaban J connectivity index is 1.94. The fourth-order valence-electron chi connectivity index (χ4n) is 1.04. The molecule has 1 aliphatic heterocycles. The molecule has 1 heterocycles. The third-order valence-electron chi connectivity index (χ3n) is 1.58. The zero-order valence-corrected chi connectivity index (χ0v) is 7.71. The van der Waals surface area contributed by atoms with Crippen LogP contribution >= 0.6 is 11.9 Å². The molecule has 3 nitrogen and oxygen atoms in total. The van der Waals surface area contributed by atoms with Gasteiger partial charge in [-0.15, -0.1) is 0 Å². The largest absolute Gasteiger partial charge is 0.372 e. The Hall–Kier alpha value is -0.220. The van der Waals surface area contributed by atoms with Gasteiger partial charge in [-0.3, -0.25) is 9.71 Å². The van der Waals surface area contributed by atoms with Crippen molar-refractivity contribution < 1.29 is 0 Å². The standard InChI is InChI=1S/C7H15N3S/c1-11-10-4-2-3-7-8-5-6-9-7/h10H,2-6H2,1H3,(H,8,9). The Morgan fingerprint density at radius 1 is 1.73 bits per heavy atom. The second-order valence-electron chi connectivity index (χ2n) is 2.46. The summed E-state index contributed by atoms with van der Waals surface area (Å²) in [4.78, 5) is 4.30. The average molecular weight is 173 g/mol. The molecule has 0 amide bonds. The Labute approximate surface area is 72.2 Å². The smallest absolute Gasteiger partial charge is 0.0964 e. The third kappa shape index (κ3) is 3.62. The van der Waals surface area contributed by atoms with E-state index in [1.165, 1.54) is 12.3 Å². The van der Waals surface area contributed by atoms with Gasteiger partial charge in [0.2, 0.25) is 0 Å². The van der Waals surface area contributed by atoms with Gasteiger partial charge in [0, 0.05) is 19.5 Å². The quantitative estimate of drug-likeness (QED) is 0.473. The van der Waals surface area contributed by atoms with Crippen LogP contribution in [0.1, 0.15) is 12.8 Å². The second-order valence-corrected chi connectivity index (χ2v) is 3.15. The van der Waals surface area contributed by atoms with Gasteiger partial charge in [-0.25, -0.2) is 0 Å². The molecule has 0 atom stereocenters. The Morgan fingerprint density at radius 3 is 3.27 bits per heavy atom. The maximum atomic E-state index is 4.30. The molecule has 0 radical (unpaired) electrons. The summed E-state index contributed by atoms with van der Waals surface area (Å²) in [5.41, 5.74) is 0. The van der Waals surface area contributed by atoms with Crippen LogP contribution in [0.5, 0.6) is 0 Å². The van der Waals surface area contributed by atoms with Crippen molar-refractivity contribution in [1.29, 1.82) is 0 Å². The van der Waals surface area contributed by atoms with E-state index in [1.807, 2.05) is 6.26 Å². The minimum atomic E-state index is 0.964. The molecular weight excluding hydrogens is 158 g/mol. The van der Waals surface area contributed by atoms with Gasteiger partial charge in [0.05, 0.1) is 12.4 Å². The molecule has 0 unspecified atom stereocenters. The van der Waals surface area contributed by atoms with Gasteiger partial charge < -0.3 is 5.32 Å². The number of aliphatic imine (C=N–C) groups is 1. The molecule has 2 N–H and O–H groups in total. The highest BCUT2D eigenvalue weighted by atomic mass is 32.2. The first kappa shape index (κ1) is 8.87. The SMILES string of the molecule is CSNCCCC1=NCCN1. The number of hydrogen-bond acceptors (Lipinski definition) is 4. The number of nitrogens with one attached hydrogen (secondary N) is 2. The zero-order chi connectivity index (χ0) is 7.94. The van der Waals surface area contributed by atoms with Crippen LogP contribution in [-0.2, 0) is 0 Å². The molecule has 0 aromatic carbocycles. The Bertz CT molecular complexity index is 136. The van der Waals surface area contributed by atoms with Crippen LogP contribution in [-0.4, -0.2) is 31.7 Å². The molecular formula is C7H15N3S. The van der Waals surface area contributed by atoms with Gasteiger partial charge >= 0.3 is 0 Å². The van der Waals surface area contributed by atoms with Crippen molar-refractivity contribution in [2.75, 3.05) is 25.9 Å². The van der Waals surface area contributed by atoms with E-state index < -0.39 is 0 Å². The highest BCUT2D eigenvalue weighted by molar-refractivity contribution is 7.96. The Morgan fingerprint density at radius 2 is 2.64 bits per heavy atom. The molecule has 0 aromatic rings. The number of amidine groups is 1. The minimum Gasteiger partial charge on any atom is -0.372 e. The minimum absolute atomic E-state index is 0.964. The summed E-state index contributed by atoms with van der Waals surface area (Å²) >= 11 is 1.67. The normalized spacial score (nSPS) is 16.3. The van der Waals surface area contributed by atoms with Crippen molar-refractivity contribution in [3.8, 4) is 0 Å². The molecule has 0 saturated heterocycles. The third-order valence-corrected chi connectivity index (χ3v) is 2.07. The molecule has 4 heteroatoms. The van der Waals surface area contributed by atoms with Crippen LogP contribution < -0.4 is 10.0 Å². The summed E-state index contributed by atoms with van der Waals surface area (Å²) in [6.45, 7) is 3.07. The van der Waals surface area contributed by atoms with E-state index in [2.05, 4.69) is 15.0 Å². The van der Waals surface area contributed by atoms with Crippen LogP contribution in [0.4, 0.5) is 0 Å². The lowest BCUT2D eigenvalue weighted by atomic mass is 10.3. The van der Waals surface area contributed by atoms with E-state index >= 15 is 0 Å².